The van der Waals surface area contributed by atoms with Crippen LogP contribution in [0.4, 0.5) is 0 Å². The molecule has 0 saturated carbocycles. The molecule has 2 aromatic rings. The molecule has 0 aliphatic carbocycles. The smallest absolute Gasteiger partial charge is 0.274 e. The van der Waals surface area contributed by atoms with E-state index >= 15 is 0 Å². The molecule has 1 aliphatic heterocycles. The van der Waals surface area contributed by atoms with Gasteiger partial charge in [-0.3, -0.25) is 9.59 Å². The van der Waals surface area contributed by atoms with Crippen molar-refractivity contribution in [1.82, 2.24) is 20.0 Å². The van der Waals surface area contributed by atoms with Crippen LogP contribution >= 0.6 is 0 Å². The Hall–Kier alpha value is -2.21. The summed E-state index contributed by atoms with van der Waals surface area (Å²) < 4.78 is 1.58. The molecule has 0 bridgehead atoms. The molecule has 1 fully saturated rings. The molecule has 1 aliphatic rings. The SMILES string of the molecule is CCCC(CCC)C(=O)NCc1nn(CCN2CCCC2)c(=O)c2ccccc12. The van der Waals surface area contributed by atoms with E-state index in [0.717, 1.165) is 56.4 Å². The minimum atomic E-state index is -0.0512. The number of rotatable bonds is 10. The van der Waals surface area contributed by atoms with Crippen molar-refractivity contribution in [2.75, 3.05) is 19.6 Å². The second-order valence-electron chi connectivity index (χ2n) is 8.06. The second-order valence-corrected chi connectivity index (χ2v) is 8.06. The highest BCUT2D eigenvalue weighted by atomic mass is 16.2. The summed E-state index contributed by atoms with van der Waals surface area (Å²) in [5.41, 5.74) is 0.714. The Morgan fingerprint density at radius 3 is 2.38 bits per heavy atom. The first kappa shape index (κ1) is 21.5. The van der Waals surface area contributed by atoms with E-state index in [1.807, 2.05) is 24.3 Å². The van der Waals surface area contributed by atoms with Gasteiger partial charge in [-0.15, -0.1) is 0 Å². The average Bonchev–Trinajstić information content (AvgIpc) is 3.26. The van der Waals surface area contributed by atoms with Gasteiger partial charge in [0.25, 0.3) is 5.56 Å². The van der Waals surface area contributed by atoms with Crippen LogP contribution < -0.4 is 10.9 Å². The predicted molar refractivity (Wildman–Crippen MR) is 117 cm³/mol. The van der Waals surface area contributed by atoms with Gasteiger partial charge < -0.3 is 10.2 Å². The monoisotopic (exact) mass is 398 g/mol. The fourth-order valence-electron chi connectivity index (χ4n) is 4.25. The maximum Gasteiger partial charge on any atom is 0.274 e. The number of benzene rings is 1. The number of carbonyl (C=O) groups excluding carboxylic acids is 1. The summed E-state index contributed by atoms with van der Waals surface area (Å²) in [6, 6.07) is 7.58. The van der Waals surface area contributed by atoms with Gasteiger partial charge in [0.1, 0.15) is 0 Å². The largest absolute Gasteiger partial charge is 0.350 e. The Morgan fingerprint density at radius 1 is 1.07 bits per heavy atom. The lowest BCUT2D eigenvalue weighted by Gasteiger charge is -2.18. The topological polar surface area (TPSA) is 67.2 Å². The number of nitrogens with zero attached hydrogens (tertiary/aromatic N) is 3. The minimum absolute atomic E-state index is 0.0512. The number of hydrogen-bond acceptors (Lipinski definition) is 4. The van der Waals surface area contributed by atoms with Gasteiger partial charge in [-0.25, -0.2) is 4.68 Å². The van der Waals surface area contributed by atoms with Crippen LogP contribution in [0, 0.1) is 5.92 Å². The summed E-state index contributed by atoms with van der Waals surface area (Å²) >= 11 is 0. The molecule has 3 rings (SSSR count). The number of aromatic nitrogens is 2. The molecule has 6 nitrogen and oxygen atoms in total. The van der Waals surface area contributed by atoms with E-state index < -0.39 is 0 Å². The quantitative estimate of drug-likeness (QED) is 0.667. The van der Waals surface area contributed by atoms with Gasteiger partial charge in [-0.1, -0.05) is 44.9 Å². The highest BCUT2D eigenvalue weighted by Crippen LogP contribution is 2.16. The standard InChI is InChI=1S/C23H34N4O2/c1-3-9-18(10-4-2)22(28)24-17-21-19-11-5-6-12-20(19)23(29)27(25-21)16-15-26-13-7-8-14-26/h5-6,11-12,18H,3-4,7-10,13-17H2,1-2H3,(H,24,28). The van der Waals surface area contributed by atoms with Gasteiger partial charge in [0.2, 0.25) is 5.91 Å². The third-order valence-electron chi connectivity index (χ3n) is 5.85. The van der Waals surface area contributed by atoms with Crippen molar-refractivity contribution < 1.29 is 4.79 Å². The Bertz CT molecular complexity index is 865. The first-order chi connectivity index (χ1) is 14.1. The van der Waals surface area contributed by atoms with Crippen molar-refractivity contribution in [2.45, 2.75) is 65.5 Å². The lowest BCUT2D eigenvalue weighted by Crippen LogP contribution is -2.34. The molecule has 1 N–H and O–H groups in total. The van der Waals surface area contributed by atoms with Gasteiger partial charge in [0.05, 0.1) is 24.2 Å². The normalized spacial score (nSPS) is 14.7. The molecular weight excluding hydrogens is 364 g/mol. The van der Waals surface area contributed by atoms with Gasteiger partial charge in [0, 0.05) is 17.8 Å². The van der Waals surface area contributed by atoms with Crippen LogP contribution in [0.3, 0.4) is 0 Å². The molecule has 1 amide bonds. The lowest BCUT2D eigenvalue weighted by molar-refractivity contribution is -0.125. The Balaban J connectivity index is 1.79. The number of carbonyl (C=O) groups is 1. The van der Waals surface area contributed by atoms with E-state index in [0.29, 0.717) is 18.5 Å². The second kappa shape index (κ2) is 10.5. The van der Waals surface area contributed by atoms with Crippen molar-refractivity contribution in [3.05, 3.63) is 40.3 Å². The van der Waals surface area contributed by atoms with Crippen LogP contribution in [-0.4, -0.2) is 40.2 Å². The first-order valence-electron chi connectivity index (χ1n) is 11.1. The average molecular weight is 399 g/mol. The number of nitrogens with one attached hydrogen (secondary N) is 1. The molecule has 0 spiro atoms. The van der Waals surface area contributed by atoms with Crippen LogP contribution in [-0.2, 0) is 17.9 Å². The number of likely N-dealkylation sites (tertiary alicyclic amines) is 1. The zero-order valence-corrected chi connectivity index (χ0v) is 17.8. The van der Waals surface area contributed by atoms with Gasteiger partial charge in [-0.2, -0.15) is 5.10 Å². The Kier molecular flexibility index (Phi) is 7.81. The molecule has 1 aromatic heterocycles. The first-order valence-corrected chi connectivity index (χ1v) is 11.1. The molecule has 1 aromatic carbocycles. The van der Waals surface area contributed by atoms with Crippen LogP contribution in [0.1, 0.15) is 58.1 Å². The molecular formula is C23H34N4O2. The third-order valence-corrected chi connectivity index (χ3v) is 5.85. The van der Waals surface area contributed by atoms with Gasteiger partial charge >= 0.3 is 0 Å². The van der Waals surface area contributed by atoms with Crippen LogP contribution in [0.25, 0.3) is 10.8 Å². The zero-order valence-electron chi connectivity index (χ0n) is 17.8. The van der Waals surface area contributed by atoms with Gasteiger partial charge in [0.15, 0.2) is 0 Å². The molecule has 0 radical (unpaired) electrons. The summed E-state index contributed by atoms with van der Waals surface area (Å²) in [7, 11) is 0. The highest BCUT2D eigenvalue weighted by Gasteiger charge is 2.18. The van der Waals surface area contributed by atoms with Crippen LogP contribution in [0.15, 0.2) is 29.1 Å². The van der Waals surface area contributed by atoms with E-state index in [-0.39, 0.29) is 17.4 Å². The number of fused-ring (bicyclic) bond motifs is 1. The summed E-state index contributed by atoms with van der Waals surface area (Å²) in [6.07, 6.45) is 6.27. The summed E-state index contributed by atoms with van der Waals surface area (Å²) in [5, 5.41) is 9.23. The molecule has 158 valence electrons. The van der Waals surface area contributed by atoms with Crippen molar-refractivity contribution in [1.29, 1.82) is 0 Å². The number of amides is 1. The third kappa shape index (κ3) is 5.44. The van der Waals surface area contributed by atoms with E-state index in [4.69, 9.17) is 0 Å². The summed E-state index contributed by atoms with van der Waals surface area (Å²) in [6.45, 7) is 8.20. The molecule has 1 saturated heterocycles. The van der Waals surface area contributed by atoms with Crippen molar-refractivity contribution in [2.24, 2.45) is 5.92 Å². The van der Waals surface area contributed by atoms with E-state index in [1.54, 1.807) is 4.68 Å². The summed E-state index contributed by atoms with van der Waals surface area (Å²) in [5.74, 6) is 0.145. The maximum absolute atomic E-state index is 12.9. The number of hydrogen-bond donors (Lipinski definition) is 1. The summed E-state index contributed by atoms with van der Waals surface area (Å²) in [4.78, 5) is 27.9. The molecule has 6 heteroatoms. The van der Waals surface area contributed by atoms with Crippen molar-refractivity contribution >= 4 is 16.7 Å². The molecule has 0 atom stereocenters. The zero-order chi connectivity index (χ0) is 20.6. The van der Waals surface area contributed by atoms with Crippen LogP contribution in [0.5, 0.6) is 0 Å². The molecule has 2 heterocycles. The van der Waals surface area contributed by atoms with E-state index in [2.05, 4.69) is 29.2 Å². The lowest BCUT2D eigenvalue weighted by atomic mass is 9.97. The molecule has 0 unspecified atom stereocenters. The van der Waals surface area contributed by atoms with Crippen LogP contribution in [0.2, 0.25) is 0 Å². The van der Waals surface area contributed by atoms with Gasteiger partial charge in [-0.05, 0) is 44.8 Å². The fourth-order valence-corrected chi connectivity index (χ4v) is 4.25. The minimum Gasteiger partial charge on any atom is -0.350 e. The Morgan fingerprint density at radius 2 is 1.72 bits per heavy atom. The maximum atomic E-state index is 12.9. The van der Waals surface area contributed by atoms with Crippen molar-refractivity contribution in [3.63, 3.8) is 0 Å². The van der Waals surface area contributed by atoms with E-state index in [9.17, 15) is 9.59 Å². The Labute approximate surface area is 173 Å². The highest BCUT2D eigenvalue weighted by molar-refractivity contribution is 5.84. The molecule has 29 heavy (non-hydrogen) atoms. The van der Waals surface area contributed by atoms with E-state index in [1.165, 1.54) is 12.8 Å². The predicted octanol–water partition coefficient (Wildman–Crippen LogP) is 3.32. The fraction of sp³-hybridized carbons (Fsp3) is 0.609. The van der Waals surface area contributed by atoms with Crippen molar-refractivity contribution in [3.8, 4) is 0 Å².